The number of hydrogen-bond acceptors (Lipinski definition) is 1. The minimum absolute atomic E-state index is 0.208. The van der Waals surface area contributed by atoms with Crippen molar-refractivity contribution in [3.05, 3.63) is 0 Å². The van der Waals surface area contributed by atoms with Crippen molar-refractivity contribution in [2.24, 2.45) is 5.73 Å². The van der Waals surface area contributed by atoms with Gasteiger partial charge in [0.05, 0.1) is 0 Å². The molecule has 0 radical (unpaired) electrons. The van der Waals surface area contributed by atoms with Crippen molar-refractivity contribution in [3.63, 3.8) is 0 Å². The van der Waals surface area contributed by atoms with Crippen LogP contribution in [0.2, 0.25) is 0 Å². The lowest BCUT2D eigenvalue weighted by molar-refractivity contribution is -0.403. The van der Waals surface area contributed by atoms with Crippen molar-refractivity contribution in [1.29, 1.82) is 0 Å². The number of primary amides is 1. The van der Waals surface area contributed by atoms with Gasteiger partial charge in [-0.3, -0.25) is 4.79 Å². The first-order valence-corrected chi connectivity index (χ1v) is 2.31. The van der Waals surface area contributed by atoms with E-state index >= 15 is 0 Å². The topological polar surface area (TPSA) is 70.7 Å². The molecule has 0 aromatic heterocycles. The molecule has 0 heterocycles. The predicted molar refractivity (Wildman–Crippen MR) is 26.2 cm³/mol. The molecule has 0 rings (SSSR count). The zero-order valence-corrected chi connectivity index (χ0v) is 4.48. The summed E-state index contributed by atoms with van der Waals surface area (Å²) in [7, 11) is 0. The summed E-state index contributed by atoms with van der Waals surface area (Å²) in [5, 5.41) is 0. The molecule has 0 aromatic rings. The first-order chi connectivity index (χ1) is 3.18. The Morgan fingerprint density at radius 3 is 2.43 bits per heavy atom. The SMILES string of the molecule is CC[C@H]([NH3+])C(N)=O. The van der Waals surface area contributed by atoms with Crippen LogP contribution in [0, 0.1) is 0 Å². The van der Waals surface area contributed by atoms with E-state index in [1.165, 1.54) is 0 Å². The summed E-state index contributed by atoms with van der Waals surface area (Å²) in [5.74, 6) is -0.317. The molecule has 42 valence electrons. The molecule has 3 heteroatoms. The van der Waals surface area contributed by atoms with E-state index in [4.69, 9.17) is 5.73 Å². The first kappa shape index (κ1) is 6.43. The average molecular weight is 103 g/mol. The van der Waals surface area contributed by atoms with Crippen molar-refractivity contribution in [3.8, 4) is 0 Å². The molecule has 0 saturated heterocycles. The Morgan fingerprint density at radius 1 is 2.00 bits per heavy atom. The molecule has 0 saturated carbocycles. The molecule has 0 aliphatic carbocycles. The van der Waals surface area contributed by atoms with Gasteiger partial charge in [0, 0.05) is 6.42 Å². The summed E-state index contributed by atoms with van der Waals surface area (Å²) in [6.07, 6.45) is 0.731. The van der Waals surface area contributed by atoms with Gasteiger partial charge < -0.3 is 11.5 Å². The monoisotopic (exact) mass is 103 g/mol. The summed E-state index contributed by atoms with van der Waals surface area (Å²) < 4.78 is 0. The number of rotatable bonds is 2. The lowest BCUT2D eigenvalue weighted by atomic mass is 10.2. The third-order valence-electron chi connectivity index (χ3n) is 0.895. The highest BCUT2D eigenvalue weighted by Crippen LogP contribution is 1.77. The molecular formula is C4H11N2O+. The van der Waals surface area contributed by atoms with Crippen molar-refractivity contribution in [1.82, 2.24) is 0 Å². The third-order valence-corrected chi connectivity index (χ3v) is 0.895. The van der Waals surface area contributed by atoms with Gasteiger partial charge in [0.2, 0.25) is 0 Å². The van der Waals surface area contributed by atoms with Crippen LogP contribution in [0.15, 0.2) is 0 Å². The van der Waals surface area contributed by atoms with Crippen LogP contribution in [0.5, 0.6) is 0 Å². The summed E-state index contributed by atoms with van der Waals surface area (Å²) in [5.41, 5.74) is 8.33. The van der Waals surface area contributed by atoms with E-state index in [-0.39, 0.29) is 11.9 Å². The van der Waals surface area contributed by atoms with E-state index in [9.17, 15) is 4.79 Å². The smallest absolute Gasteiger partial charge is 0.275 e. The molecule has 0 bridgehead atoms. The fourth-order valence-electron chi connectivity index (χ4n) is 0.201. The molecule has 0 aliphatic heterocycles. The molecule has 3 nitrogen and oxygen atoms in total. The van der Waals surface area contributed by atoms with Gasteiger partial charge >= 0.3 is 0 Å². The second-order valence-corrected chi connectivity index (χ2v) is 1.51. The number of nitrogens with two attached hydrogens (primary N) is 1. The van der Waals surface area contributed by atoms with E-state index in [2.05, 4.69) is 5.73 Å². The fraction of sp³-hybridized carbons (Fsp3) is 0.750. The van der Waals surface area contributed by atoms with Crippen LogP contribution in [-0.4, -0.2) is 11.9 Å². The summed E-state index contributed by atoms with van der Waals surface area (Å²) in [4.78, 5) is 10.1. The van der Waals surface area contributed by atoms with Crippen LogP contribution in [0.25, 0.3) is 0 Å². The number of hydrogen-bond donors (Lipinski definition) is 2. The quantitative estimate of drug-likeness (QED) is 0.438. The summed E-state index contributed by atoms with van der Waals surface area (Å²) in [6, 6.07) is -0.208. The van der Waals surface area contributed by atoms with E-state index in [1.807, 2.05) is 6.92 Å². The molecule has 5 N–H and O–H groups in total. The van der Waals surface area contributed by atoms with Gasteiger partial charge in [0.25, 0.3) is 5.91 Å². The predicted octanol–water partition coefficient (Wildman–Crippen LogP) is -1.51. The molecule has 1 amide bonds. The second kappa shape index (κ2) is 2.58. The molecule has 0 aromatic carbocycles. The number of amides is 1. The van der Waals surface area contributed by atoms with Gasteiger partial charge in [-0.25, -0.2) is 0 Å². The zero-order chi connectivity index (χ0) is 5.86. The third kappa shape index (κ3) is 2.17. The highest BCUT2D eigenvalue weighted by molar-refractivity contribution is 5.77. The highest BCUT2D eigenvalue weighted by atomic mass is 16.1. The Labute approximate surface area is 42.7 Å². The maximum Gasteiger partial charge on any atom is 0.275 e. The minimum Gasteiger partial charge on any atom is -0.365 e. The van der Waals surface area contributed by atoms with E-state index in [1.54, 1.807) is 0 Å². The van der Waals surface area contributed by atoms with Crippen LogP contribution in [-0.2, 0) is 4.79 Å². The molecule has 1 atom stereocenters. The lowest BCUT2D eigenvalue weighted by Gasteiger charge is -1.94. The maximum atomic E-state index is 10.1. The van der Waals surface area contributed by atoms with Crippen molar-refractivity contribution < 1.29 is 10.5 Å². The summed E-state index contributed by atoms with van der Waals surface area (Å²) in [6.45, 7) is 1.88. The lowest BCUT2D eigenvalue weighted by Crippen LogP contribution is -2.66. The largest absolute Gasteiger partial charge is 0.365 e. The van der Waals surface area contributed by atoms with Gasteiger partial charge in [-0.1, -0.05) is 6.92 Å². The van der Waals surface area contributed by atoms with Crippen molar-refractivity contribution in [2.75, 3.05) is 0 Å². The van der Waals surface area contributed by atoms with Crippen molar-refractivity contribution in [2.45, 2.75) is 19.4 Å². The Kier molecular flexibility index (Phi) is 2.37. The van der Waals surface area contributed by atoms with Gasteiger partial charge in [-0.15, -0.1) is 0 Å². The standard InChI is InChI=1S/C4H10N2O/c1-2-3(5)4(6)7/h3H,2,5H2,1H3,(H2,6,7)/p+1/t3-/m0/s1. The van der Waals surface area contributed by atoms with Crippen LogP contribution in [0.4, 0.5) is 0 Å². The molecular weight excluding hydrogens is 92.1 g/mol. The molecule has 0 fully saturated rings. The molecule has 0 unspecified atom stereocenters. The first-order valence-electron chi connectivity index (χ1n) is 2.31. The molecule has 7 heavy (non-hydrogen) atoms. The second-order valence-electron chi connectivity index (χ2n) is 1.51. The van der Waals surface area contributed by atoms with E-state index in [0.717, 1.165) is 6.42 Å². The Balaban J connectivity index is 3.34. The fourth-order valence-corrected chi connectivity index (χ4v) is 0.201. The Morgan fingerprint density at radius 2 is 2.43 bits per heavy atom. The molecule has 0 aliphatic rings. The number of carbonyl (C=O) groups is 1. The van der Waals surface area contributed by atoms with Gasteiger partial charge in [-0.05, 0) is 0 Å². The van der Waals surface area contributed by atoms with Gasteiger partial charge in [0.15, 0.2) is 6.04 Å². The van der Waals surface area contributed by atoms with E-state index < -0.39 is 0 Å². The van der Waals surface area contributed by atoms with Gasteiger partial charge in [0.1, 0.15) is 0 Å². The minimum atomic E-state index is -0.317. The van der Waals surface area contributed by atoms with Crippen molar-refractivity contribution >= 4 is 5.91 Å². The number of carbonyl (C=O) groups excluding carboxylic acids is 1. The van der Waals surface area contributed by atoms with E-state index in [0.29, 0.717) is 0 Å². The van der Waals surface area contributed by atoms with Crippen LogP contribution < -0.4 is 11.5 Å². The normalized spacial score (nSPS) is 13.4. The Hall–Kier alpha value is -0.570. The highest BCUT2D eigenvalue weighted by Gasteiger charge is 2.07. The van der Waals surface area contributed by atoms with Gasteiger partial charge in [-0.2, -0.15) is 0 Å². The zero-order valence-electron chi connectivity index (χ0n) is 4.48. The molecule has 0 spiro atoms. The van der Waals surface area contributed by atoms with Crippen LogP contribution in [0.3, 0.4) is 0 Å². The van der Waals surface area contributed by atoms with Crippen LogP contribution >= 0.6 is 0 Å². The summed E-state index contributed by atoms with van der Waals surface area (Å²) >= 11 is 0. The maximum absolute atomic E-state index is 10.1. The Bertz CT molecular complexity index is 72.1. The van der Waals surface area contributed by atoms with Crippen LogP contribution in [0.1, 0.15) is 13.3 Å². The average Bonchev–Trinajstić information content (AvgIpc) is 1.65. The number of quaternary nitrogens is 1.